The molecule has 3 aliphatic rings. The van der Waals surface area contributed by atoms with Gasteiger partial charge in [0.15, 0.2) is 5.79 Å². The van der Waals surface area contributed by atoms with Crippen LogP contribution in [0.1, 0.15) is 32.1 Å². The van der Waals surface area contributed by atoms with Gasteiger partial charge in [-0.15, -0.1) is 0 Å². The highest BCUT2D eigenvalue weighted by Crippen LogP contribution is 2.36. The predicted octanol–water partition coefficient (Wildman–Crippen LogP) is 2.39. The Kier molecular flexibility index (Phi) is 4.96. The average molecular weight is 381 g/mol. The third kappa shape index (κ3) is 3.74. The molecule has 2 aromatic heterocycles. The first-order chi connectivity index (χ1) is 13.8. The van der Waals surface area contributed by atoms with E-state index in [0.717, 1.165) is 75.6 Å². The number of pyridine rings is 1. The Bertz CT molecular complexity index is 786. The molecule has 2 aliphatic heterocycles. The number of ether oxygens (including phenoxy) is 2. The van der Waals surface area contributed by atoms with E-state index in [1.165, 1.54) is 0 Å². The molecule has 7 nitrogen and oxygen atoms in total. The van der Waals surface area contributed by atoms with Crippen LogP contribution in [0.4, 0.5) is 5.95 Å². The topological polar surface area (TPSA) is 72.4 Å². The van der Waals surface area contributed by atoms with E-state index in [2.05, 4.69) is 20.2 Å². The van der Waals surface area contributed by atoms with Crippen LogP contribution >= 0.6 is 0 Å². The van der Waals surface area contributed by atoms with Gasteiger partial charge in [-0.2, -0.15) is 0 Å². The van der Waals surface area contributed by atoms with Crippen LogP contribution in [-0.4, -0.2) is 59.1 Å². The Labute approximate surface area is 165 Å². The van der Waals surface area contributed by atoms with E-state index in [4.69, 9.17) is 14.5 Å². The molecule has 1 unspecified atom stereocenters. The first-order valence-corrected chi connectivity index (χ1v) is 10.3. The lowest BCUT2D eigenvalue weighted by Crippen LogP contribution is -2.46. The summed E-state index contributed by atoms with van der Waals surface area (Å²) in [5.41, 5.74) is 1.94. The number of nitrogens with one attached hydrogen (secondary N) is 1. The second kappa shape index (κ2) is 7.73. The van der Waals surface area contributed by atoms with Crippen molar-refractivity contribution in [3.63, 3.8) is 0 Å². The fourth-order valence-electron chi connectivity index (χ4n) is 4.60. The summed E-state index contributed by atoms with van der Waals surface area (Å²) in [6.07, 6.45) is 10.8. The first kappa shape index (κ1) is 18.0. The van der Waals surface area contributed by atoms with E-state index in [0.29, 0.717) is 12.1 Å². The summed E-state index contributed by atoms with van der Waals surface area (Å²) in [4.78, 5) is 15.8. The van der Waals surface area contributed by atoms with Crippen molar-refractivity contribution in [2.24, 2.45) is 0 Å². The lowest BCUT2D eigenvalue weighted by Gasteiger charge is -2.36. The van der Waals surface area contributed by atoms with E-state index in [9.17, 15) is 0 Å². The minimum atomic E-state index is -0.277. The summed E-state index contributed by atoms with van der Waals surface area (Å²) < 4.78 is 11.7. The summed E-state index contributed by atoms with van der Waals surface area (Å²) in [5.74, 6) is 0.529. The Hall–Kier alpha value is -2.09. The number of aromatic nitrogens is 3. The fourth-order valence-corrected chi connectivity index (χ4v) is 4.60. The summed E-state index contributed by atoms with van der Waals surface area (Å²) in [6.45, 7) is 3.42. The summed E-state index contributed by atoms with van der Waals surface area (Å²) >= 11 is 0. The Morgan fingerprint density at radius 3 is 2.68 bits per heavy atom. The second-order valence-corrected chi connectivity index (χ2v) is 7.96. The average Bonchev–Trinajstić information content (AvgIpc) is 3.41. The third-order valence-electron chi connectivity index (χ3n) is 6.10. The maximum Gasteiger partial charge on any atom is 0.225 e. The molecular weight excluding hydrogens is 354 g/mol. The van der Waals surface area contributed by atoms with Crippen molar-refractivity contribution in [2.45, 2.75) is 50.0 Å². The van der Waals surface area contributed by atoms with Gasteiger partial charge in [-0.1, -0.05) is 0 Å². The Balaban J connectivity index is 1.18. The molecule has 1 N–H and O–H groups in total. The molecule has 2 saturated heterocycles. The smallest absolute Gasteiger partial charge is 0.225 e. The van der Waals surface area contributed by atoms with Gasteiger partial charge in [0.25, 0.3) is 0 Å². The van der Waals surface area contributed by atoms with Crippen LogP contribution in [0, 0.1) is 0 Å². The highest BCUT2D eigenvalue weighted by Gasteiger charge is 2.40. The van der Waals surface area contributed by atoms with E-state index < -0.39 is 0 Å². The SMILES string of the molecule is c1cncc(-c2ccnc(N3CCC(NC4CCC5(CC4)OCCO5)C3)n2)c1. The van der Waals surface area contributed by atoms with Gasteiger partial charge < -0.3 is 19.7 Å². The minimum absolute atomic E-state index is 0.277. The number of hydrogen-bond donors (Lipinski definition) is 1. The standard InChI is InChI=1S/C21H27N5O2/c1-2-16(14-22-9-1)19-5-10-23-20(25-19)26-11-6-18(15-26)24-17-3-7-21(8-4-17)27-12-13-28-21/h1-2,5,9-10,14,17-18,24H,3-4,6-8,11-13,15H2. The molecule has 2 aromatic rings. The molecule has 4 heterocycles. The second-order valence-electron chi connectivity index (χ2n) is 7.96. The molecule has 0 aromatic carbocycles. The zero-order valence-corrected chi connectivity index (χ0v) is 16.1. The molecule has 0 radical (unpaired) electrons. The molecule has 1 atom stereocenters. The summed E-state index contributed by atoms with van der Waals surface area (Å²) in [6, 6.07) is 6.93. The predicted molar refractivity (Wildman–Crippen MR) is 106 cm³/mol. The zero-order chi connectivity index (χ0) is 18.8. The number of nitrogens with zero attached hydrogens (tertiary/aromatic N) is 4. The van der Waals surface area contributed by atoms with Crippen molar-refractivity contribution < 1.29 is 9.47 Å². The molecule has 1 aliphatic carbocycles. The lowest BCUT2D eigenvalue weighted by atomic mass is 9.89. The van der Waals surface area contributed by atoms with Crippen LogP contribution in [0.5, 0.6) is 0 Å². The molecule has 3 fully saturated rings. The zero-order valence-electron chi connectivity index (χ0n) is 16.1. The quantitative estimate of drug-likeness (QED) is 0.872. The van der Waals surface area contributed by atoms with E-state index >= 15 is 0 Å². The van der Waals surface area contributed by atoms with Gasteiger partial charge >= 0.3 is 0 Å². The van der Waals surface area contributed by atoms with Crippen molar-refractivity contribution >= 4 is 5.95 Å². The van der Waals surface area contributed by atoms with Crippen LogP contribution in [0.2, 0.25) is 0 Å². The van der Waals surface area contributed by atoms with Gasteiger partial charge in [0.1, 0.15) is 0 Å². The van der Waals surface area contributed by atoms with Gasteiger partial charge in [-0.3, -0.25) is 4.98 Å². The van der Waals surface area contributed by atoms with Crippen molar-refractivity contribution in [1.29, 1.82) is 0 Å². The monoisotopic (exact) mass is 381 g/mol. The molecule has 7 heteroatoms. The molecule has 0 bridgehead atoms. The minimum Gasteiger partial charge on any atom is -0.348 e. The van der Waals surface area contributed by atoms with E-state index in [1.807, 2.05) is 30.6 Å². The van der Waals surface area contributed by atoms with Crippen molar-refractivity contribution in [2.75, 3.05) is 31.2 Å². The molecule has 0 amide bonds. The van der Waals surface area contributed by atoms with Gasteiger partial charge in [0.05, 0.1) is 18.9 Å². The summed E-state index contributed by atoms with van der Waals surface area (Å²) in [7, 11) is 0. The highest BCUT2D eigenvalue weighted by molar-refractivity contribution is 5.58. The van der Waals surface area contributed by atoms with Gasteiger partial charge in [-0.05, 0) is 37.5 Å². The first-order valence-electron chi connectivity index (χ1n) is 10.3. The molecule has 28 heavy (non-hydrogen) atoms. The highest BCUT2D eigenvalue weighted by atomic mass is 16.7. The van der Waals surface area contributed by atoms with Crippen LogP contribution in [0.15, 0.2) is 36.8 Å². The van der Waals surface area contributed by atoms with Gasteiger partial charge in [0.2, 0.25) is 5.95 Å². The Morgan fingerprint density at radius 1 is 1.04 bits per heavy atom. The number of hydrogen-bond acceptors (Lipinski definition) is 7. The molecule has 1 spiro atoms. The van der Waals surface area contributed by atoms with Crippen LogP contribution in [0.3, 0.4) is 0 Å². The van der Waals surface area contributed by atoms with Crippen LogP contribution in [0.25, 0.3) is 11.3 Å². The maximum absolute atomic E-state index is 5.84. The molecule has 1 saturated carbocycles. The van der Waals surface area contributed by atoms with Crippen LogP contribution in [-0.2, 0) is 9.47 Å². The van der Waals surface area contributed by atoms with Crippen molar-refractivity contribution in [1.82, 2.24) is 20.3 Å². The van der Waals surface area contributed by atoms with Crippen LogP contribution < -0.4 is 10.2 Å². The van der Waals surface area contributed by atoms with Gasteiger partial charge in [-0.25, -0.2) is 9.97 Å². The number of rotatable bonds is 4. The lowest BCUT2D eigenvalue weighted by molar-refractivity contribution is -0.179. The van der Waals surface area contributed by atoms with Crippen molar-refractivity contribution in [3.8, 4) is 11.3 Å². The van der Waals surface area contributed by atoms with E-state index in [1.54, 1.807) is 6.20 Å². The normalized spacial score (nSPS) is 24.9. The van der Waals surface area contributed by atoms with E-state index in [-0.39, 0.29) is 5.79 Å². The maximum atomic E-state index is 5.84. The third-order valence-corrected chi connectivity index (χ3v) is 6.10. The van der Waals surface area contributed by atoms with Gasteiger partial charge in [0, 0.05) is 62.2 Å². The number of anilines is 1. The largest absolute Gasteiger partial charge is 0.348 e. The summed E-state index contributed by atoms with van der Waals surface area (Å²) in [5, 5.41) is 3.85. The Morgan fingerprint density at radius 2 is 1.89 bits per heavy atom. The molecule has 148 valence electrons. The fraction of sp³-hybridized carbons (Fsp3) is 0.571. The van der Waals surface area contributed by atoms with Crippen molar-refractivity contribution in [3.05, 3.63) is 36.8 Å². The molecule has 5 rings (SSSR count). The molecular formula is C21H27N5O2.